The van der Waals surface area contributed by atoms with Gasteiger partial charge in [-0.05, 0) is 6.07 Å². The monoisotopic (exact) mass is 271 g/mol. The molecule has 0 spiro atoms. The Balaban J connectivity index is 3.16. The average Bonchev–Trinajstić information content (AvgIpc) is 2.16. The molecular weight excluding hydrogens is 265 g/mol. The molecule has 0 fully saturated rings. The fourth-order valence-electron chi connectivity index (χ4n) is 0.896. The van der Waals surface area contributed by atoms with Gasteiger partial charge in [-0.15, -0.1) is 0 Å². The second kappa shape index (κ2) is 4.21. The van der Waals surface area contributed by atoms with E-state index in [9.17, 15) is 4.79 Å². The molecule has 0 aliphatic carbocycles. The van der Waals surface area contributed by atoms with Crippen LogP contribution in [0.4, 0.5) is 0 Å². The van der Waals surface area contributed by atoms with Crippen molar-refractivity contribution in [3.05, 3.63) is 35.4 Å². The highest BCUT2D eigenvalue weighted by Gasteiger charge is 2.07. The van der Waals surface area contributed by atoms with Gasteiger partial charge in [0.15, 0.2) is 5.78 Å². The first kappa shape index (κ1) is 9.20. The van der Waals surface area contributed by atoms with Crippen LogP contribution in [0, 0.1) is 11.3 Å². The van der Waals surface area contributed by atoms with Crippen molar-refractivity contribution in [3.63, 3.8) is 0 Å². The molecule has 0 unspecified atom stereocenters. The minimum absolute atomic E-state index is 0.00718. The van der Waals surface area contributed by atoms with Crippen LogP contribution in [0.3, 0.4) is 0 Å². The van der Waals surface area contributed by atoms with Gasteiger partial charge >= 0.3 is 0 Å². The van der Waals surface area contributed by atoms with Crippen LogP contribution < -0.4 is 0 Å². The molecule has 0 aliphatic rings. The standard InChI is InChI=1S/C9H6INO/c10-5-9(12)8-4-2-1-3-7(8)6-11/h1-4H,5H2. The van der Waals surface area contributed by atoms with Crippen molar-refractivity contribution in [3.8, 4) is 6.07 Å². The van der Waals surface area contributed by atoms with Crippen molar-refractivity contribution < 1.29 is 4.79 Å². The minimum Gasteiger partial charge on any atom is -0.293 e. The molecule has 60 valence electrons. The molecule has 0 saturated carbocycles. The second-order valence-electron chi connectivity index (χ2n) is 2.21. The highest BCUT2D eigenvalue weighted by Crippen LogP contribution is 2.09. The van der Waals surface area contributed by atoms with Gasteiger partial charge in [0.2, 0.25) is 0 Å². The molecule has 2 nitrogen and oxygen atoms in total. The van der Waals surface area contributed by atoms with Gasteiger partial charge in [-0.25, -0.2) is 0 Å². The van der Waals surface area contributed by atoms with Crippen LogP contribution in [-0.4, -0.2) is 10.2 Å². The largest absolute Gasteiger partial charge is 0.293 e. The fourth-order valence-corrected chi connectivity index (χ4v) is 1.31. The number of nitriles is 1. The molecule has 1 aromatic rings. The van der Waals surface area contributed by atoms with E-state index in [4.69, 9.17) is 5.26 Å². The molecule has 0 saturated heterocycles. The highest BCUT2D eigenvalue weighted by molar-refractivity contribution is 14.1. The molecule has 0 aromatic heterocycles. The molecule has 0 atom stereocenters. The summed E-state index contributed by atoms with van der Waals surface area (Å²) in [5, 5.41) is 8.66. The smallest absolute Gasteiger partial charge is 0.173 e. The summed E-state index contributed by atoms with van der Waals surface area (Å²) in [5.74, 6) is 0.00718. The summed E-state index contributed by atoms with van der Waals surface area (Å²) < 4.78 is 0.413. The number of benzene rings is 1. The first-order valence-electron chi connectivity index (χ1n) is 3.38. The lowest BCUT2D eigenvalue weighted by Crippen LogP contribution is -2.02. The summed E-state index contributed by atoms with van der Waals surface area (Å²) in [5.41, 5.74) is 0.980. The van der Waals surface area contributed by atoms with Crippen LogP contribution in [0.5, 0.6) is 0 Å². The van der Waals surface area contributed by atoms with Gasteiger partial charge in [0.1, 0.15) is 0 Å². The Morgan fingerprint density at radius 3 is 2.75 bits per heavy atom. The number of nitrogens with zero attached hydrogens (tertiary/aromatic N) is 1. The van der Waals surface area contributed by atoms with Crippen molar-refractivity contribution in [2.75, 3.05) is 4.43 Å². The third kappa shape index (κ3) is 1.83. The Morgan fingerprint density at radius 1 is 1.50 bits per heavy atom. The maximum Gasteiger partial charge on any atom is 0.173 e. The average molecular weight is 271 g/mol. The first-order valence-corrected chi connectivity index (χ1v) is 4.90. The SMILES string of the molecule is N#Cc1ccccc1C(=O)CI. The fraction of sp³-hybridized carbons (Fsp3) is 0.111. The van der Waals surface area contributed by atoms with Crippen LogP contribution >= 0.6 is 22.6 Å². The Hall–Kier alpha value is -0.890. The van der Waals surface area contributed by atoms with Gasteiger partial charge in [0.05, 0.1) is 16.1 Å². The second-order valence-corrected chi connectivity index (χ2v) is 2.98. The van der Waals surface area contributed by atoms with E-state index in [0.29, 0.717) is 15.6 Å². The van der Waals surface area contributed by atoms with Gasteiger partial charge in [-0.1, -0.05) is 40.8 Å². The number of hydrogen-bond donors (Lipinski definition) is 0. The Bertz CT molecular complexity index is 341. The number of halogens is 1. The van der Waals surface area contributed by atoms with Crippen molar-refractivity contribution in [2.24, 2.45) is 0 Å². The van der Waals surface area contributed by atoms with E-state index in [1.807, 2.05) is 28.7 Å². The van der Waals surface area contributed by atoms with Gasteiger partial charge in [0.25, 0.3) is 0 Å². The van der Waals surface area contributed by atoms with Crippen LogP contribution in [0.2, 0.25) is 0 Å². The van der Waals surface area contributed by atoms with Crippen LogP contribution in [-0.2, 0) is 0 Å². The number of ketones is 1. The molecule has 0 heterocycles. The molecule has 0 bridgehead atoms. The van der Waals surface area contributed by atoms with Gasteiger partial charge in [-0.2, -0.15) is 5.26 Å². The van der Waals surface area contributed by atoms with Gasteiger partial charge in [-0.3, -0.25) is 4.79 Å². The summed E-state index contributed by atoms with van der Waals surface area (Å²) >= 11 is 1.99. The van der Waals surface area contributed by atoms with Crippen LogP contribution in [0.1, 0.15) is 15.9 Å². The van der Waals surface area contributed by atoms with Crippen molar-refractivity contribution in [2.45, 2.75) is 0 Å². The minimum atomic E-state index is 0.00718. The molecule has 1 rings (SSSR count). The molecule has 3 heteroatoms. The van der Waals surface area contributed by atoms with E-state index in [2.05, 4.69) is 0 Å². The first-order chi connectivity index (χ1) is 5.79. The molecule has 0 amide bonds. The van der Waals surface area contributed by atoms with Crippen molar-refractivity contribution in [1.82, 2.24) is 0 Å². The molecule has 0 radical (unpaired) electrons. The molecule has 0 N–H and O–H groups in total. The van der Waals surface area contributed by atoms with E-state index in [0.717, 1.165) is 0 Å². The summed E-state index contributed by atoms with van der Waals surface area (Å²) in [7, 11) is 0. The number of Topliss-reactive ketones (excluding diaryl/α,β-unsaturated/α-hetero) is 1. The summed E-state index contributed by atoms with van der Waals surface area (Å²) in [6.45, 7) is 0. The lowest BCUT2D eigenvalue weighted by atomic mass is 10.1. The van der Waals surface area contributed by atoms with Crippen molar-refractivity contribution >= 4 is 28.4 Å². The number of carbonyl (C=O) groups is 1. The van der Waals surface area contributed by atoms with Gasteiger partial charge in [0, 0.05) is 5.56 Å². The van der Waals surface area contributed by atoms with E-state index in [-0.39, 0.29) is 5.78 Å². The summed E-state index contributed by atoms with van der Waals surface area (Å²) in [6, 6.07) is 8.84. The summed E-state index contributed by atoms with van der Waals surface area (Å²) in [4.78, 5) is 11.2. The van der Waals surface area contributed by atoms with E-state index >= 15 is 0 Å². The zero-order valence-corrected chi connectivity index (χ0v) is 8.41. The number of carbonyl (C=O) groups excluding carboxylic acids is 1. The lowest BCUT2D eigenvalue weighted by molar-refractivity contribution is 0.102. The molecule has 0 aliphatic heterocycles. The molecular formula is C9H6INO. The predicted octanol–water partition coefficient (Wildman–Crippen LogP) is 2.18. The van der Waals surface area contributed by atoms with Gasteiger partial charge < -0.3 is 0 Å². The molecule has 1 aromatic carbocycles. The van der Waals surface area contributed by atoms with E-state index < -0.39 is 0 Å². The van der Waals surface area contributed by atoms with Crippen molar-refractivity contribution in [1.29, 1.82) is 5.26 Å². The zero-order chi connectivity index (χ0) is 8.97. The topological polar surface area (TPSA) is 40.9 Å². The molecule has 12 heavy (non-hydrogen) atoms. The van der Waals surface area contributed by atoms with Crippen LogP contribution in [0.15, 0.2) is 24.3 Å². The Labute approximate surface area is 84.3 Å². The maximum atomic E-state index is 11.2. The van der Waals surface area contributed by atoms with Crippen LogP contribution in [0.25, 0.3) is 0 Å². The normalized spacial score (nSPS) is 9.00. The number of hydrogen-bond acceptors (Lipinski definition) is 2. The highest BCUT2D eigenvalue weighted by atomic mass is 127. The number of alkyl halides is 1. The Kier molecular flexibility index (Phi) is 3.23. The zero-order valence-electron chi connectivity index (χ0n) is 6.25. The third-order valence-corrected chi connectivity index (χ3v) is 2.16. The lowest BCUT2D eigenvalue weighted by Gasteiger charge is -1.97. The Morgan fingerprint density at radius 2 is 2.17 bits per heavy atom. The summed E-state index contributed by atoms with van der Waals surface area (Å²) in [6.07, 6.45) is 0. The van der Waals surface area contributed by atoms with E-state index in [1.165, 1.54) is 0 Å². The quantitative estimate of drug-likeness (QED) is 0.470. The predicted molar refractivity (Wildman–Crippen MR) is 54.4 cm³/mol. The number of rotatable bonds is 2. The maximum absolute atomic E-state index is 11.2. The third-order valence-electron chi connectivity index (χ3n) is 1.47. The van der Waals surface area contributed by atoms with E-state index in [1.54, 1.807) is 24.3 Å².